The van der Waals surface area contributed by atoms with Crippen molar-refractivity contribution in [2.75, 3.05) is 11.9 Å². The number of rotatable bonds is 4. The molecule has 1 unspecified atom stereocenters. The normalized spacial score (nSPS) is 15.8. The molecule has 4 N–H and O–H groups in total. The minimum absolute atomic E-state index is 0.175. The summed E-state index contributed by atoms with van der Waals surface area (Å²) in [6.45, 7) is 3.24. The summed E-state index contributed by atoms with van der Waals surface area (Å²) in [7, 11) is 0. The summed E-state index contributed by atoms with van der Waals surface area (Å²) in [4.78, 5) is 12.6. The number of hydrogen-bond acceptors (Lipinski definition) is 3. The summed E-state index contributed by atoms with van der Waals surface area (Å²) in [5.41, 5.74) is 9.65. The van der Waals surface area contributed by atoms with Crippen LogP contribution in [0.15, 0.2) is 46.9 Å². The highest BCUT2D eigenvalue weighted by Gasteiger charge is 2.30. The van der Waals surface area contributed by atoms with E-state index >= 15 is 0 Å². The molecule has 0 spiro atoms. The van der Waals surface area contributed by atoms with E-state index in [0.717, 1.165) is 35.0 Å². The number of nitrogens with two attached hydrogens (primary N) is 1. The van der Waals surface area contributed by atoms with Gasteiger partial charge in [-0.25, -0.2) is 0 Å². The fourth-order valence-corrected chi connectivity index (χ4v) is 3.30. The topological polar surface area (TPSA) is 67.2 Å². The summed E-state index contributed by atoms with van der Waals surface area (Å²) in [5.74, 6) is -0.175. The van der Waals surface area contributed by atoms with Gasteiger partial charge in [0.25, 0.3) is 0 Å². The molecule has 5 heteroatoms. The average molecular weight is 388 g/mol. The molecule has 4 nitrogen and oxygen atoms in total. The maximum Gasteiger partial charge on any atom is 0.244 e. The quantitative estimate of drug-likeness (QED) is 0.753. The predicted octanol–water partition coefficient (Wildman–Crippen LogP) is 3.30. The number of nitrogens with one attached hydrogen (secondary N) is 2. The number of benzene rings is 2. The molecule has 0 fully saturated rings. The molecule has 1 amide bonds. The van der Waals surface area contributed by atoms with Crippen LogP contribution in [-0.4, -0.2) is 12.5 Å². The van der Waals surface area contributed by atoms with Crippen molar-refractivity contribution in [3.05, 3.63) is 63.6 Å². The molecule has 0 saturated heterocycles. The van der Waals surface area contributed by atoms with E-state index in [-0.39, 0.29) is 5.91 Å². The molecule has 126 valence electrons. The number of carbonyl (C=O) groups excluding carboxylic acids is 1. The van der Waals surface area contributed by atoms with Gasteiger partial charge in [0.05, 0.1) is 0 Å². The van der Waals surface area contributed by atoms with Gasteiger partial charge in [-0.15, -0.1) is 0 Å². The Balaban J connectivity index is 1.72. The first kappa shape index (κ1) is 17.0. The highest BCUT2D eigenvalue weighted by atomic mass is 79.9. The van der Waals surface area contributed by atoms with Crippen molar-refractivity contribution in [2.45, 2.75) is 31.8 Å². The van der Waals surface area contributed by atoms with Crippen LogP contribution in [0.4, 0.5) is 5.69 Å². The van der Waals surface area contributed by atoms with Crippen LogP contribution in [0.2, 0.25) is 0 Å². The maximum absolute atomic E-state index is 12.6. The van der Waals surface area contributed by atoms with E-state index in [1.807, 2.05) is 30.3 Å². The van der Waals surface area contributed by atoms with Crippen LogP contribution in [0.25, 0.3) is 0 Å². The van der Waals surface area contributed by atoms with Gasteiger partial charge in [0.2, 0.25) is 5.91 Å². The van der Waals surface area contributed by atoms with E-state index < -0.39 is 5.54 Å². The lowest BCUT2D eigenvalue weighted by atomic mass is 9.92. The second kappa shape index (κ2) is 6.95. The molecule has 1 aliphatic rings. The Morgan fingerprint density at radius 3 is 2.79 bits per heavy atom. The molecule has 0 aromatic heterocycles. The Hall–Kier alpha value is -1.85. The first-order valence-corrected chi connectivity index (χ1v) is 8.95. The lowest BCUT2D eigenvalue weighted by Gasteiger charge is -2.25. The molecule has 2 aromatic rings. The molecular formula is C19H22BrN3O. The summed E-state index contributed by atoms with van der Waals surface area (Å²) in [6, 6.07) is 13.7. The van der Waals surface area contributed by atoms with Crippen LogP contribution in [0, 0.1) is 0 Å². The third-order valence-electron chi connectivity index (χ3n) is 4.55. The fourth-order valence-electron chi connectivity index (χ4n) is 3.04. The number of amides is 1. The van der Waals surface area contributed by atoms with Crippen molar-refractivity contribution in [3.63, 3.8) is 0 Å². The summed E-state index contributed by atoms with van der Waals surface area (Å²) in [5, 5.41) is 6.41. The molecule has 1 heterocycles. The van der Waals surface area contributed by atoms with Crippen LogP contribution in [0.1, 0.15) is 30.0 Å². The third kappa shape index (κ3) is 3.47. The molecule has 2 aromatic carbocycles. The Morgan fingerprint density at radius 2 is 2.04 bits per heavy atom. The Bertz CT molecular complexity index is 741. The molecule has 24 heavy (non-hydrogen) atoms. The predicted molar refractivity (Wildman–Crippen MR) is 101 cm³/mol. The van der Waals surface area contributed by atoms with Gasteiger partial charge in [0, 0.05) is 23.2 Å². The standard InChI is InChI=1S/C19H22BrN3O/c1-19(21,14-7-9-15(20)10-8-14)18(24)23-12-13-4-2-6-17-16(13)5-3-11-22-17/h2,4,6-10,22H,3,5,11-12,21H2,1H3,(H,23,24). The lowest BCUT2D eigenvalue weighted by Crippen LogP contribution is -2.48. The van der Waals surface area contributed by atoms with Crippen molar-refractivity contribution in [1.82, 2.24) is 5.32 Å². The number of carbonyl (C=O) groups is 1. The van der Waals surface area contributed by atoms with Crippen LogP contribution in [-0.2, 0) is 23.3 Å². The third-order valence-corrected chi connectivity index (χ3v) is 5.08. The van der Waals surface area contributed by atoms with Gasteiger partial charge in [-0.05, 0) is 54.7 Å². The van der Waals surface area contributed by atoms with Crippen molar-refractivity contribution in [3.8, 4) is 0 Å². The van der Waals surface area contributed by atoms with E-state index in [4.69, 9.17) is 5.73 Å². The number of anilines is 1. The molecule has 1 atom stereocenters. The van der Waals surface area contributed by atoms with Gasteiger partial charge in [-0.3, -0.25) is 4.79 Å². The van der Waals surface area contributed by atoms with Crippen molar-refractivity contribution in [2.24, 2.45) is 5.73 Å². The molecule has 3 rings (SSSR count). The minimum atomic E-state index is -1.06. The second-order valence-corrected chi connectivity index (χ2v) is 7.28. The van der Waals surface area contributed by atoms with Gasteiger partial charge < -0.3 is 16.4 Å². The second-order valence-electron chi connectivity index (χ2n) is 6.37. The van der Waals surface area contributed by atoms with E-state index in [2.05, 4.69) is 38.7 Å². The Morgan fingerprint density at radius 1 is 1.29 bits per heavy atom. The molecule has 0 radical (unpaired) electrons. The van der Waals surface area contributed by atoms with Crippen molar-refractivity contribution < 1.29 is 4.79 Å². The molecule has 0 bridgehead atoms. The summed E-state index contributed by atoms with van der Waals surface area (Å²) >= 11 is 3.40. The zero-order valence-electron chi connectivity index (χ0n) is 13.7. The summed E-state index contributed by atoms with van der Waals surface area (Å²) in [6.07, 6.45) is 2.16. The minimum Gasteiger partial charge on any atom is -0.385 e. The van der Waals surface area contributed by atoms with Gasteiger partial charge in [-0.1, -0.05) is 40.2 Å². The monoisotopic (exact) mass is 387 g/mol. The van der Waals surface area contributed by atoms with Crippen LogP contribution < -0.4 is 16.4 Å². The smallest absolute Gasteiger partial charge is 0.244 e. The van der Waals surface area contributed by atoms with E-state index in [1.165, 1.54) is 11.3 Å². The molecule has 1 aliphatic heterocycles. The lowest BCUT2D eigenvalue weighted by molar-refractivity contribution is -0.126. The number of hydrogen-bond donors (Lipinski definition) is 3. The van der Waals surface area contributed by atoms with E-state index in [1.54, 1.807) is 6.92 Å². The first-order valence-electron chi connectivity index (χ1n) is 8.16. The number of halogens is 1. The van der Waals surface area contributed by atoms with E-state index in [0.29, 0.717) is 6.54 Å². The Kier molecular flexibility index (Phi) is 4.92. The molecular weight excluding hydrogens is 366 g/mol. The highest BCUT2D eigenvalue weighted by molar-refractivity contribution is 9.10. The molecule has 0 aliphatic carbocycles. The summed E-state index contributed by atoms with van der Waals surface area (Å²) < 4.78 is 0.964. The maximum atomic E-state index is 12.6. The zero-order chi connectivity index (χ0) is 17.2. The molecule has 0 saturated carbocycles. The fraction of sp³-hybridized carbons (Fsp3) is 0.316. The van der Waals surface area contributed by atoms with Gasteiger partial charge in [0.15, 0.2) is 0 Å². The van der Waals surface area contributed by atoms with Crippen LogP contribution in [0.5, 0.6) is 0 Å². The van der Waals surface area contributed by atoms with Gasteiger partial charge in [0.1, 0.15) is 5.54 Å². The van der Waals surface area contributed by atoms with E-state index in [9.17, 15) is 4.79 Å². The van der Waals surface area contributed by atoms with Crippen molar-refractivity contribution in [1.29, 1.82) is 0 Å². The highest BCUT2D eigenvalue weighted by Crippen LogP contribution is 2.26. The SMILES string of the molecule is CC(N)(C(=O)NCc1cccc2c1CCCN2)c1ccc(Br)cc1. The van der Waals surface area contributed by atoms with Gasteiger partial charge in [-0.2, -0.15) is 0 Å². The van der Waals surface area contributed by atoms with Crippen molar-refractivity contribution >= 4 is 27.5 Å². The average Bonchev–Trinajstić information content (AvgIpc) is 2.60. The van der Waals surface area contributed by atoms with Crippen LogP contribution in [0.3, 0.4) is 0 Å². The largest absolute Gasteiger partial charge is 0.385 e. The van der Waals surface area contributed by atoms with Crippen LogP contribution >= 0.6 is 15.9 Å². The number of fused-ring (bicyclic) bond motifs is 1. The Labute approximate surface area is 151 Å². The zero-order valence-corrected chi connectivity index (χ0v) is 15.3. The first-order chi connectivity index (χ1) is 11.5. The van der Waals surface area contributed by atoms with Gasteiger partial charge >= 0.3 is 0 Å².